The van der Waals surface area contributed by atoms with Gasteiger partial charge < -0.3 is 15.0 Å². The molecule has 0 unspecified atom stereocenters. The molecule has 2 aromatic carbocycles. The molecular formula is C22H29N3O3. The van der Waals surface area contributed by atoms with E-state index in [1.54, 1.807) is 17.0 Å². The molecule has 2 N–H and O–H groups in total. The summed E-state index contributed by atoms with van der Waals surface area (Å²) in [5, 5.41) is 5.83. The summed E-state index contributed by atoms with van der Waals surface area (Å²) in [6.07, 6.45) is -0.489. The lowest BCUT2D eigenvalue weighted by molar-refractivity contribution is -0.117. The topological polar surface area (TPSA) is 70.7 Å². The molecule has 28 heavy (non-hydrogen) atoms. The van der Waals surface area contributed by atoms with E-state index < -0.39 is 6.09 Å². The third-order valence-corrected chi connectivity index (χ3v) is 3.92. The molecule has 0 heterocycles. The molecule has 2 aromatic rings. The SMILES string of the molecule is CC(C)COC(=O)Nc1cccc(NCC(=O)N(c2ccccc2)C(C)C)c1. The van der Waals surface area contributed by atoms with Gasteiger partial charge in [-0.15, -0.1) is 0 Å². The van der Waals surface area contributed by atoms with Crippen LogP contribution in [0.4, 0.5) is 21.9 Å². The van der Waals surface area contributed by atoms with Crippen molar-refractivity contribution in [1.29, 1.82) is 0 Å². The maximum absolute atomic E-state index is 12.7. The summed E-state index contributed by atoms with van der Waals surface area (Å²) in [5.41, 5.74) is 2.22. The fourth-order valence-electron chi connectivity index (χ4n) is 2.68. The number of carbonyl (C=O) groups excluding carboxylic acids is 2. The standard InChI is InChI=1S/C22H29N3O3/c1-16(2)15-28-22(27)24-19-10-8-9-18(13-19)23-14-21(26)25(17(3)4)20-11-6-5-7-12-20/h5-13,16-17,23H,14-15H2,1-4H3,(H,24,27). The van der Waals surface area contributed by atoms with Gasteiger partial charge in [0.2, 0.25) is 5.91 Å². The van der Waals surface area contributed by atoms with Crippen LogP contribution in [0.15, 0.2) is 54.6 Å². The van der Waals surface area contributed by atoms with Crippen molar-refractivity contribution in [2.24, 2.45) is 5.92 Å². The number of amides is 2. The van der Waals surface area contributed by atoms with Crippen molar-refractivity contribution < 1.29 is 14.3 Å². The molecule has 0 bridgehead atoms. The third-order valence-electron chi connectivity index (χ3n) is 3.92. The van der Waals surface area contributed by atoms with Crippen LogP contribution in [0.3, 0.4) is 0 Å². The van der Waals surface area contributed by atoms with Gasteiger partial charge in [0.05, 0.1) is 13.2 Å². The van der Waals surface area contributed by atoms with Crippen LogP contribution >= 0.6 is 0 Å². The second-order valence-corrected chi connectivity index (χ2v) is 7.24. The summed E-state index contributed by atoms with van der Waals surface area (Å²) < 4.78 is 5.12. The predicted molar refractivity (Wildman–Crippen MR) is 114 cm³/mol. The zero-order valence-electron chi connectivity index (χ0n) is 16.9. The van der Waals surface area contributed by atoms with E-state index in [0.717, 1.165) is 11.4 Å². The molecule has 0 aliphatic heterocycles. The van der Waals surface area contributed by atoms with E-state index in [-0.39, 0.29) is 24.4 Å². The zero-order valence-corrected chi connectivity index (χ0v) is 16.9. The van der Waals surface area contributed by atoms with Gasteiger partial charge in [0, 0.05) is 23.1 Å². The second-order valence-electron chi connectivity index (χ2n) is 7.24. The normalized spacial score (nSPS) is 10.6. The van der Waals surface area contributed by atoms with Gasteiger partial charge in [0.25, 0.3) is 0 Å². The predicted octanol–water partition coefficient (Wildman–Crippen LogP) is 4.74. The summed E-state index contributed by atoms with van der Waals surface area (Å²) >= 11 is 0. The number of carbonyl (C=O) groups is 2. The van der Waals surface area contributed by atoms with Gasteiger partial charge >= 0.3 is 6.09 Å². The molecule has 6 heteroatoms. The van der Waals surface area contributed by atoms with Crippen LogP contribution in [-0.4, -0.2) is 31.2 Å². The number of anilines is 3. The fourth-order valence-corrected chi connectivity index (χ4v) is 2.68. The van der Waals surface area contributed by atoms with Crippen molar-refractivity contribution in [3.8, 4) is 0 Å². The number of para-hydroxylation sites is 1. The van der Waals surface area contributed by atoms with E-state index in [1.807, 2.05) is 70.2 Å². The Morgan fingerprint density at radius 1 is 0.964 bits per heavy atom. The summed E-state index contributed by atoms with van der Waals surface area (Å²) in [7, 11) is 0. The maximum atomic E-state index is 12.7. The Bertz CT molecular complexity index is 776. The van der Waals surface area contributed by atoms with Crippen molar-refractivity contribution in [2.75, 3.05) is 28.7 Å². The number of hydrogen-bond donors (Lipinski definition) is 2. The Hall–Kier alpha value is -3.02. The Morgan fingerprint density at radius 2 is 1.64 bits per heavy atom. The van der Waals surface area contributed by atoms with Gasteiger partial charge in [-0.05, 0) is 50.1 Å². The minimum atomic E-state index is -0.489. The van der Waals surface area contributed by atoms with Gasteiger partial charge in [0.15, 0.2) is 0 Å². The molecule has 150 valence electrons. The summed E-state index contributed by atoms with van der Waals surface area (Å²) in [6.45, 7) is 8.43. The number of benzene rings is 2. The maximum Gasteiger partial charge on any atom is 0.411 e. The highest BCUT2D eigenvalue weighted by molar-refractivity contribution is 5.96. The molecule has 0 atom stereocenters. The van der Waals surface area contributed by atoms with Gasteiger partial charge in [-0.25, -0.2) is 4.79 Å². The van der Waals surface area contributed by atoms with Gasteiger partial charge in [-0.2, -0.15) is 0 Å². The van der Waals surface area contributed by atoms with Crippen molar-refractivity contribution in [3.05, 3.63) is 54.6 Å². The van der Waals surface area contributed by atoms with Crippen LogP contribution in [0.5, 0.6) is 0 Å². The highest BCUT2D eigenvalue weighted by atomic mass is 16.5. The zero-order chi connectivity index (χ0) is 20.5. The average molecular weight is 383 g/mol. The third kappa shape index (κ3) is 6.61. The molecule has 0 saturated heterocycles. The Labute approximate surface area is 166 Å². The molecule has 0 fully saturated rings. The van der Waals surface area contributed by atoms with Crippen molar-refractivity contribution in [3.63, 3.8) is 0 Å². The molecule has 0 aliphatic carbocycles. The number of nitrogens with one attached hydrogen (secondary N) is 2. The molecule has 6 nitrogen and oxygen atoms in total. The number of rotatable bonds is 8. The van der Waals surface area contributed by atoms with Gasteiger partial charge in [-0.1, -0.05) is 38.1 Å². The van der Waals surface area contributed by atoms with Crippen molar-refractivity contribution in [2.45, 2.75) is 33.7 Å². The van der Waals surface area contributed by atoms with E-state index in [0.29, 0.717) is 12.3 Å². The van der Waals surface area contributed by atoms with E-state index >= 15 is 0 Å². The molecule has 0 spiro atoms. The summed E-state index contributed by atoms with van der Waals surface area (Å²) in [4.78, 5) is 26.3. The first-order valence-corrected chi connectivity index (χ1v) is 9.51. The van der Waals surface area contributed by atoms with Crippen LogP contribution in [0.2, 0.25) is 0 Å². The lowest BCUT2D eigenvalue weighted by Gasteiger charge is -2.27. The summed E-state index contributed by atoms with van der Waals surface area (Å²) in [5.74, 6) is 0.245. The van der Waals surface area contributed by atoms with Gasteiger partial charge in [0.1, 0.15) is 0 Å². The van der Waals surface area contributed by atoms with E-state index in [9.17, 15) is 9.59 Å². The van der Waals surface area contributed by atoms with Crippen LogP contribution < -0.4 is 15.5 Å². The van der Waals surface area contributed by atoms with Crippen LogP contribution in [0.1, 0.15) is 27.7 Å². The van der Waals surface area contributed by atoms with Crippen molar-refractivity contribution in [1.82, 2.24) is 0 Å². The quantitative estimate of drug-likeness (QED) is 0.690. The molecule has 2 amide bonds. The summed E-state index contributed by atoms with van der Waals surface area (Å²) in [6, 6.07) is 16.8. The Kier molecular flexibility index (Phi) is 7.87. The van der Waals surface area contributed by atoms with Crippen LogP contribution in [0.25, 0.3) is 0 Å². The first-order chi connectivity index (χ1) is 13.4. The average Bonchev–Trinajstić information content (AvgIpc) is 2.66. The van der Waals surface area contributed by atoms with Crippen molar-refractivity contribution >= 4 is 29.1 Å². The van der Waals surface area contributed by atoms with E-state index in [2.05, 4.69) is 10.6 Å². The number of nitrogens with zero attached hydrogens (tertiary/aromatic N) is 1. The Morgan fingerprint density at radius 3 is 2.29 bits per heavy atom. The minimum absolute atomic E-state index is 0.0316. The Balaban J connectivity index is 1.96. The molecular weight excluding hydrogens is 354 g/mol. The smallest absolute Gasteiger partial charge is 0.411 e. The molecule has 0 radical (unpaired) electrons. The van der Waals surface area contributed by atoms with Crippen LogP contribution in [-0.2, 0) is 9.53 Å². The molecule has 0 aromatic heterocycles. The first-order valence-electron chi connectivity index (χ1n) is 9.51. The fraction of sp³-hybridized carbons (Fsp3) is 0.364. The number of hydrogen-bond acceptors (Lipinski definition) is 4. The second kappa shape index (κ2) is 10.3. The lowest BCUT2D eigenvalue weighted by atomic mass is 10.2. The van der Waals surface area contributed by atoms with Crippen LogP contribution in [0, 0.1) is 5.92 Å². The highest BCUT2D eigenvalue weighted by Crippen LogP contribution is 2.18. The largest absolute Gasteiger partial charge is 0.449 e. The van der Waals surface area contributed by atoms with E-state index in [4.69, 9.17) is 4.74 Å². The monoisotopic (exact) mass is 383 g/mol. The number of ether oxygens (including phenoxy) is 1. The lowest BCUT2D eigenvalue weighted by Crippen LogP contribution is -2.40. The molecule has 0 saturated carbocycles. The van der Waals surface area contributed by atoms with Gasteiger partial charge in [-0.3, -0.25) is 10.1 Å². The molecule has 0 aliphatic rings. The molecule has 2 rings (SSSR count). The minimum Gasteiger partial charge on any atom is -0.449 e. The first kappa shape index (κ1) is 21.3. The highest BCUT2D eigenvalue weighted by Gasteiger charge is 2.18. The van der Waals surface area contributed by atoms with E-state index in [1.165, 1.54) is 0 Å².